The molecule has 0 aromatic heterocycles. The summed E-state index contributed by atoms with van der Waals surface area (Å²) in [7, 11) is 0. The van der Waals surface area contributed by atoms with Gasteiger partial charge in [-0.3, -0.25) is 0 Å². The molecular weight excluding hydrogens is 256 g/mol. The van der Waals surface area contributed by atoms with E-state index in [-0.39, 0.29) is 0 Å². The highest BCUT2D eigenvalue weighted by molar-refractivity contribution is 5.86. The molecule has 0 radical (unpaired) electrons. The van der Waals surface area contributed by atoms with Crippen LogP contribution >= 0.6 is 0 Å². The molecule has 1 fully saturated rings. The van der Waals surface area contributed by atoms with Gasteiger partial charge in [0.1, 0.15) is 0 Å². The van der Waals surface area contributed by atoms with Gasteiger partial charge in [0, 0.05) is 0 Å². The van der Waals surface area contributed by atoms with Crippen molar-refractivity contribution in [1.29, 1.82) is 0 Å². The average molecular weight is 282 g/mol. The molecule has 2 unspecified atom stereocenters. The Morgan fingerprint density at radius 1 is 1.14 bits per heavy atom. The van der Waals surface area contributed by atoms with E-state index in [9.17, 15) is 5.11 Å². The van der Waals surface area contributed by atoms with E-state index in [2.05, 4.69) is 56.3 Å². The molecular formula is C20H26O. The van der Waals surface area contributed by atoms with Crippen molar-refractivity contribution in [2.45, 2.75) is 51.6 Å². The van der Waals surface area contributed by atoms with Crippen molar-refractivity contribution >= 4 is 10.8 Å². The van der Waals surface area contributed by atoms with Crippen molar-refractivity contribution in [3.05, 3.63) is 48.0 Å². The molecule has 0 amide bonds. The lowest BCUT2D eigenvalue weighted by atomic mass is 9.71. The van der Waals surface area contributed by atoms with Gasteiger partial charge in [0.25, 0.3) is 0 Å². The molecule has 1 nitrogen and oxygen atoms in total. The maximum atomic E-state index is 11.3. The lowest BCUT2D eigenvalue weighted by molar-refractivity contribution is -0.0232. The Kier molecular flexibility index (Phi) is 4.03. The van der Waals surface area contributed by atoms with Gasteiger partial charge in [0.2, 0.25) is 0 Å². The van der Waals surface area contributed by atoms with E-state index in [1.54, 1.807) is 0 Å². The number of fused-ring (bicyclic) bond motifs is 1. The Morgan fingerprint density at radius 2 is 1.90 bits per heavy atom. The first-order valence-corrected chi connectivity index (χ1v) is 8.29. The number of rotatable bonds is 3. The average Bonchev–Trinajstić information content (AvgIpc) is 2.46. The van der Waals surface area contributed by atoms with Crippen LogP contribution in [0.15, 0.2) is 42.5 Å². The van der Waals surface area contributed by atoms with Crippen LogP contribution in [0.25, 0.3) is 10.8 Å². The fraction of sp³-hybridized carbons (Fsp3) is 0.500. The van der Waals surface area contributed by atoms with Crippen molar-refractivity contribution in [1.82, 2.24) is 0 Å². The predicted octanol–water partition coefficient (Wildman–Crippen LogP) is 5.26. The minimum absolute atomic E-state index is 0.640. The molecule has 1 aliphatic carbocycles. The number of benzene rings is 2. The summed E-state index contributed by atoms with van der Waals surface area (Å²) in [6, 6.07) is 14.8. The first-order valence-electron chi connectivity index (χ1n) is 8.29. The van der Waals surface area contributed by atoms with E-state index >= 15 is 0 Å². The Morgan fingerprint density at radius 3 is 2.71 bits per heavy atom. The molecule has 0 spiro atoms. The largest absolute Gasteiger partial charge is 0.385 e. The fourth-order valence-corrected chi connectivity index (χ4v) is 4.11. The van der Waals surface area contributed by atoms with Crippen LogP contribution < -0.4 is 0 Å². The molecule has 0 aliphatic heterocycles. The smallest absolute Gasteiger partial charge is 0.0905 e. The monoisotopic (exact) mass is 282 g/mol. The molecule has 1 aliphatic rings. The Balaban J connectivity index is 1.96. The third-order valence-electron chi connectivity index (χ3n) is 4.92. The molecule has 0 bridgehead atoms. The summed E-state index contributed by atoms with van der Waals surface area (Å²) in [4.78, 5) is 0. The van der Waals surface area contributed by atoms with Gasteiger partial charge in [-0.1, -0.05) is 62.7 Å². The van der Waals surface area contributed by atoms with E-state index in [1.807, 2.05) is 0 Å². The normalized spacial score (nSPS) is 26.4. The maximum Gasteiger partial charge on any atom is 0.0905 e. The molecule has 3 rings (SSSR count). The zero-order valence-electron chi connectivity index (χ0n) is 13.2. The van der Waals surface area contributed by atoms with Gasteiger partial charge in [-0.05, 0) is 53.9 Å². The van der Waals surface area contributed by atoms with Crippen LogP contribution in [0, 0.1) is 11.8 Å². The van der Waals surface area contributed by atoms with Crippen LogP contribution in [-0.2, 0) is 5.60 Å². The molecule has 0 saturated heterocycles. The van der Waals surface area contributed by atoms with Crippen LogP contribution in [0.2, 0.25) is 0 Å². The summed E-state index contributed by atoms with van der Waals surface area (Å²) >= 11 is 0. The van der Waals surface area contributed by atoms with Crippen LogP contribution in [0.5, 0.6) is 0 Å². The van der Waals surface area contributed by atoms with E-state index < -0.39 is 5.60 Å². The van der Waals surface area contributed by atoms with Gasteiger partial charge in [0.05, 0.1) is 5.60 Å². The fourth-order valence-electron chi connectivity index (χ4n) is 4.11. The second-order valence-corrected chi connectivity index (χ2v) is 7.15. The Bertz CT molecular complexity index is 611. The lowest BCUT2D eigenvalue weighted by Crippen LogP contribution is -2.33. The molecule has 1 saturated carbocycles. The molecule has 2 atom stereocenters. The van der Waals surface area contributed by atoms with Gasteiger partial charge < -0.3 is 5.11 Å². The topological polar surface area (TPSA) is 20.2 Å². The number of hydrogen-bond acceptors (Lipinski definition) is 1. The predicted molar refractivity (Wildman–Crippen MR) is 89.3 cm³/mol. The molecule has 2 aromatic carbocycles. The van der Waals surface area contributed by atoms with Gasteiger partial charge in [0.15, 0.2) is 0 Å². The van der Waals surface area contributed by atoms with E-state index in [0.717, 1.165) is 24.8 Å². The molecule has 112 valence electrons. The number of hydrogen-bond donors (Lipinski definition) is 1. The third-order valence-corrected chi connectivity index (χ3v) is 4.92. The summed E-state index contributed by atoms with van der Waals surface area (Å²) < 4.78 is 0. The summed E-state index contributed by atoms with van der Waals surface area (Å²) in [5, 5.41) is 13.8. The first-order chi connectivity index (χ1) is 10.1. The van der Waals surface area contributed by atoms with Crippen LogP contribution in [0.1, 0.15) is 51.5 Å². The Labute approximate surface area is 128 Å². The standard InChI is InChI=1S/C20H26O/c1-15(2)13-16-7-6-12-20(21,14-16)19-11-5-9-17-8-3-4-10-18(17)19/h3-5,8-11,15-16,21H,6-7,12-14H2,1-2H3. The molecule has 1 heteroatoms. The van der Waals surface area contributed by atoms with Crippen LogP contribution in [0.4, 0.5) is 0 Å². The Hall–Kier alpha value is -1.34. The summed E-state index contributed by atoms with van der Waals surface area (Å²) in [6.07, 6.45) is 5.45. The van der Waals surface area contributed by atoms with Crippen molar-refractivity contribution in [3.8, 4) is 0 Å². The second-order valence-electron chi connectivity index (χ2n) is 7.15. The van der Waals surface area contributed by atoms with Crippen molar-refractivity contribution in [2.24, 2.45) is 11.8 Å². The van der Waals surface area contributed by atoms with Crippen molar-refractivity contribution in [3.63, 3.8) is 0 Å². The van der Waals surface area contributed by atoms with Gasteiger partial charge in [-0.2, -0.15) is 0 Å². The van der Waals surface area contributed by atoms with Gasteiger partial charge >= 0.3 is 0 Å². The highest BCUT2D eigenvalue weighted by Crippen LogP contribution is 2.44. The van der Waals surface area contributed by atoms with E-state index in [1.165, 1.54) is 23.6 Å². The van der Waals surface area contributed by atoms with Crippen LogP contribution in [0.3, 0.4) is 0 Å². The minimum atomic E-state index is -0.640. The lowest BCUT2D eigenvalue weighted by Gasteiger charge is -2.38. The summed E-state index contributed by atoms with van der Waals surface area (Å²) in [5.74, 6) is 1.37. The van der Waals surface area contributed by atoms with E-state index in [0.29, 0.717) is 11.8 Å². The van der Waals surface area contributed by atoms with E-state index in [4.69, 9.17) is 0 Å². The van der Waals surface area contributed by atoms with Crippen molar-refractivity contribution < 1.29 is 5.11 Å². The van der Waals surface area contributed by atoms with Gasteiger partial charge in [-0.25, -0.2) is 0 Å². The van der Waals surface area contributed by atoms with Crippen LogP contribution in [-0.4, -0.2) is 5.11 Å². The second kappa shape index (κ2) is 5.81. The zero-order valence-corrected chi connectivity index (χ0v) is 13.2. The maximum absolute atomic E-state index is 11.3. The zero-order chi connectivity index (χ0) is 14.9. The minimum Gasteiger partial charge on any atom is -0.385 e. The first kappa shape index (κ1) is 14.6. The highest BCUT2D eigenvalue weighted by Gasteiger charge is 2.36. The summed E-state index contributed by atoms with van der Waals surface area (Å²) in [5.41, 5.74) is 0.493. The molecule has 2 aromatic rings. The third kappa shape index (κ3) is 2.98. The number of aliphatic hydroxyl groups is 1. The SMILES string of the molecule is CC(C)CC1CCCC(O)(c2cccc3ccccc23)C1. The molecule has 21 heavy (non-hydrogen) atoms. The molecule has 0 heterocycles. The highest BCUT2D eigenvalue weighted by atomic mass is 16.3. The van der Waals surface area contributed by atoms with Gasteiger partial charge in [-0.15, -0.1) is 0 Å². The van der Waals surface area contributed by atoms with Crippen molar-refractivity contribution in [2.75, 3.05) is 0 Å². The summed E-state index contributed by atoms with van der Waals surface area (Å²) in [6.45, 7) is 4.57. The quantitative estimate of drug-likeness (QED) is 0.813. The molecule has 1 N–H and O–H groups in total.